The molecule has 1 fully saturated rings. The summed E-state index contributed by atoms with van der Waals surface area (Å²) in [4.78, 5) is 25.3. The van der Waals surface area contributed by atoms with Crippen LogP contribution in [0, 0.1) is 5.92 Å². The lowest BCUT2D eigenvalue weighted by atomic mass is 9.59. The van der Waals surface area contributed by atoms with Crippen molar-refractivity contribution in [2.75, 3.05) is 0 Å². The summed E-state index contributed by atoms with van der Waals surface area (Å²) in [5, 5.41) is 0. The Morgan fingerprint density at radius 2 is 1.67 bits per heavy atom. The van der Waals surface area contributed by atoms with Crippen LogP contribution in [0.1, 0.15) is 12.1 Å². The first kappa shape index (κ1) is 14.9. The van der Waals surface area contributed by atoms with Gasteiger partial charge >= 0.3 is 11.4 Å². The molecule has 1 aromatic carbocycles. The minimum absolute atomic E-state index is 0.0872. The topological polar surface area (TPSA) is 48.9 Å². The van der Waals surface area contributed by atoms with Gasteiger partial charge in [0.25, 0.3) is 0 Å². The normalized spacial score (nSPS) is 38.5. The highest BCUT2D eigenvalue weighted by atomic mass is 79.9. The number of benzene rings is 1. The van der Waals surface area contributed by atoms with Crippen molar-refractivity contribution in [3.63, 3.8) is 0 Å². The van der Waals surface area contributed by atoms with E-state index in [1.54, 1.807) is 30.3 Å². The van der Waals surface area contributed by atoms with E-state index in [2.05, 4.69) is 31.9 Å². The first-order valence-electron chi connectivity index (χ1n) is 7.64. The molecule has 6 rings (SSSR count). The van der Waals surface area contributed by atoms with Crippen LogP contribution in [0.15, 0.2) is 52.1 Å². The Bertz CT molecular complexity index is 995. The number of hydrogen-bond acceptors (Lipinski definition) is 2. The molecule has 1 aromatic heterocycles. The molecule has 0 saturated heterocycles. The Hall–Kier alpha value is -1.41. The van der Waals surface area contributed by atoms with Gasteiger partial charge in [-0.1, -0.05) is 62.2 Å². The molecule has 124 valence electrons. The number of allylic oxidation sites excluding steroid dienone is 2. The van der Waals surface area contributed by atoms with E-state index in [4.69, 9.17) is 0 Å². The van der Waals surface area contributed by atoms with Crippen LogP contribution in [0.25, 0.3) is 5.69 Å². The first-order valence-corrected chi connectivity index (χ1v) is 9.48. The highest BCUT2D eigenvalue weighted by Gasteiger charge is 2.72. The standard InChI is InChI=1S/C16H12Br2FN3O2/c17-12-11-9-6-7-10(16(11,19)13(12)18)22-15(24)20(14(23)21(9)22)8-4-2-1-3-5-8/h1-7,9-13H/t9-,10-,11-,12+,13+,16-/m0/s1. The third-order valence-corrected chi connectivity index (χ3v) is 8.51. The maximum atomic E-state index is 15.7. The molecule has 1 saturated carbocycles. The molecule has 2 bridgehead atoms. The monoisotopic (exact) mass is 455 g/mol. The van der Waals surface area contributed by atoms with E-state index in [0.29, 0.717) is 5.69 Å². The molecule has 0 spiro atoms. The van der Waals surface area contributed by atoms with Crippen LogP contribution in [-0.4, -0.2) is 29.3 Å². The molecule has 5 nitrogen and oxygen atoms in total. The number of halogens is 3. The smallest absolute Gasteiger partial charge is 0.245 e. The van der Waals surface area contributed by atoms with Crippen molar-refractivity contribution in [2.24, 2.45) is 5.92 Å². The van der Waals surface area contributed by atoms with E-state index >= 15 is 4.39 Å². The summed E-state index contributed by atoms with van der Waals surface area (Å²) in [6, 6.07) is 7.49. The first-order chi connectivity index (χ1) is 11.5. The summed E-state index contributed by atoms with van der Waals surface area (Å²) in [6.07, 6.45) is 3.56. The van der Waals surface area contributed by atoms with Crippen LogP contribution in [0.5, 0.6) is 0 Å². The molecule has 24 heavy (non-hydrogen) atoms. The summed E-state index contributed by atoms with van der Waals surface area (Å²) < 4.78 is 19.5. The Morgan fingerprint density at radius 1 is 1.00 bits per heavy atom. The van der Waals surface area contributed by atoms with Crippen molar-refractivity contribution < 1.29 is 4.39 Å². The van der Waals surface area contributed by atoms with Gasteiger partial charge in [0.15, 0.2) is 5.67 Å². The van der Waals surface area contributed by atoms with E-state index in [0.717, 1.165) is 4.57 Å². The molecule has 2 aromatic rings. The van der Waals surface area contributed by atoms with E-state index in [1.807, 2.05) is 12.1 Å². The van der Waals surface area contributed by atoms with Crippen molar-refractivity contribution in [3.05, 3.63) is 63.5 Å². The van der Waals surface area contributed by atoms with Crippen LogP contribution in [0.4, 0.5) is 4.39 Å². The maximum absolute atomic E-state index is 15.7. The molecule has 4 aliphatic rings. The molecular formula is C16H12Br2FN3O2. The second kappa shape index (κ2) is 4.60. The fourth-order valence-corrected chi connectivity index (χ4v) is 6.36. The Labute approximate surface area is 152 Å². The van der Waals surface area contributed by atoms with Gasteiger partial charge in [0.1, 0.15) is 6.04 Å². The minimum Gasteiger partial charge on any atom is -0.245 e. The lowest BCUT2D eigenvalue weighted by molar-refractivity contribution is -0.0929. The van der Waals surface area contributed by atoms with Crippen molar-refractivity contribution >= 4 is 31.9 Å². The number of hydrogen-bond donors (Lipinski definition) is 0. The molecule has 0 amide bonds. The van der Waals surface area contributed by atoms with Crippen molar-refractivity contribution in [2.45, 2.75) is 27.4 Å². The molecule has 0 unspecified atom stereocenters. The van der Waals surface area contributed by atoms with E-state index in [-0.39, 0.29) is 10.7 Å². The third-order valence-electron chi connectivity index (χ3n) is 5.44. The number of rotatable bonds is 1. The second-order valence-electron chi connectivity index (χ2n) is 6.44. The van der Waals surface area contributed by atoms with Crippen molar-refractivity contribution in [1.29, 1.82) is 0 Å². The van der Waals surface area contributed by atoms with Crippen LogP contribution >= 0.6 is 31.9 Å². The molecule has 0 N–H and O–H groups in total. The highest BCUT2D eigenvalue weighted by molar-refractivity contribution is 9.12. The SMILES string of the molecule is O=c1n(-c2ccccc2)c(=O)n2n1[C@H]1C=C[C@H]2[C@H]2[C@@H](Br)[C@@H](Br)[C@@]21F. The molecule has 2 aliphatic carbocycles. The predicted molar refractivity (Wildman–Crippen MR) is 94.3 cm³/mol. The number of para-hydroxylation sites is 1. The Kier molecular flexibility index (Phi) is 2.86. The van der Waals surface area contributed by atoms with Crippen LogP contribution in [-0.2, 0) is 0 Å². The van der Waals surface area contributed by atoms with Gasteiger partial charge in [-0.3, -0.25) is 0 Å². The number of aromatic nitrogens is 3. The lowest BCUT2D eigenvalue weighted by Gasteiger charge is -2.61. The zero-order chi connectivity index (χ0) is 16.8. The fraction of sp³-hybridized carbons (Fsp3) is 0.375. The minimum atomic E-state index is -1.58. The largest absolute Gasteiger partial charge is 0.352 e. The number of alkyl halides is 3. The summed E-state index contributed by atoms with van der Waals surface area (Å²) in [7, 11) is 0. The average molecular weight is 457 g/mol. The Balaban J connectivity index is 1.81. The quantitative estimate of drug-likeness (QED) is 0.488. The summed E-state index contributed by atoms with van der Waals surface area (Å²) in [6.45, 7) is 0. The molecule has 8 heteroatoms. The Morgan fingerprint density at radius 3 is 2.38 bits per heavy atom. The van der Waals surface area contributed by atoms with Gasteiger partial charge in [0.2, 0.25) is 0 Å². The van der Waals surface area contributed by atoms with Gasteiger partial charge in [-0.05, 0) is 12.1 Å². The zero-order valence-corrected chi connectivity index (χ0v) is 15.4. The van der Waals surface area contributed by atoms with Crippen LogP contribution in [0.3, 0.4) is 0 Å². The highest BCUT2D eigenvalue weighted by Crippen LogP contribution is 2.64. The molecule has 6 atom stereocenters. The van der Waals surface area contributed by atoms with Gasteiger partial charge in [-0.15, -0.1) is 0 Å². The molecular weight excluding hydrogens is 445 g/mol. The van der Waals surface area contributed by atoms with Crippen LogP contribution < -0.4 is 11.4 Å². The molecule has 0 radical (unpaired) electrons. The third kappa shape index (κ3) is 1.46. The van der Waals surface area contributed by atoms with Gasteiger partial charge < -0.3 is 0 Å². The second-order valence-corrected chi connectivity index (χ2v) is 8.49. The zero-order valence-electron chi connectivity index (χ0n) is 12.2. The molecule has 2 aliphatic heterocycles. The van der Waals surface area contributed by atoms with Gasteiger partial charge in [0, 0.05) is 10.7 Å². The summed E-state index contributed by atoms with van der Waals surface area (Å²) >= 11 is 6.93. The maximum Gasteiger partial charge on any atom is 0.352 e. The van der Waals surface area contributed by atoms with Gasteiger partial charge in [-0.2, -0.15) is 0 Å². The van der Waals surface area contributed by atoms with Crippen molar-refractivity contribution in [3.8, 4) is 5.69 Å². The van der Waals surface area contributed by atoms with Gasteiger partial charge in [-0.25, -0.2) is 27.9 Å². The summed E-state index contributed by atoms with van der Waals surface area (Å²) in [5.74, 6) is -0.374. The molecule has 3 heterocycles. The fourth-order valence-electron chi connectivity index (χ4n) is 4.33. The van der Waals surface area contributed by atoms with Gasteiger partial charge in [0.05, 0.1) is 16.6 Å². The predicted octanol–water partition coefficient (Wildman–Crippen LogP) is 2.33. The average Bonchev–Trinajstić information content (AvgIpc) is 2.88. The van der Waals surface area contributed by atoms with E-state index < -0.39 is 34.0 Å². The van der Waals surface area contributed by atoms with E-state index in [1.165, 1.54) is 9.36 Å². The van der Waals surface area contributed by atoms with Crippen LogP contribution in [0.2, 0.25) is 0 Å². The van der Waals surface area contributed by atoms with E-state index in [9.17, 15) is 9.59 Å². The van der Waals surface area contributed by atoms with Crippen molar-refractivity contribution in [1.82, 2.24) is 13.9 Å². The lowest BCUT2D eigenvalue weighted by Crippen LogP contribution is -2.73. The summed E-state index contributed by atoms with van der Waals surface area (Å²) in [5.41, 5.74) is -2.01. The number of nitrogens with zero attached hydrogens (tertiary/aromatic N) is 3.